The van der Waals surface area contributed by atoms with Gasteiger partial charge in [0.25, 0.3) is 0 Å². The molecule has 4 saturated carbocycles. The predicted molar refractivity (Wildman–Crippen MR) is 137 cm³/mol. The summed E-state index contributed by atoms with van der Waals surface area (Å²) >= 11 is 0.427. The molecule has 210 valence electrons. The van der Waals surface area contributed by atoms with Crippen LogP contribution in [0, 0.1) is 34.0 Å². The van der Waals surface area contributed by atoms with Crippen molar-refractivity contribution in [1.29, 1.82) is 0 Å². The van der Waals surface area contributed by atoms with Crippen LogP contribution in [0.3, 0.4) is 0 Å². The highest BCUT2D eigenvalue weighted by atomic mass is 32.2. The largest absolute Gasteiger partial charge is 0.449 e. The van der Waals surface area contributed by atoms with Crippen LogP contribution in [0.4, 0.5) is 13.2 Å². The van der Waals surface area contributed by atoms with E-state index >= 15 is 8.78 Å². The molecule has 9 atom stereocenters. The van der Waals surface area contributed by atoms with Crippen molar-refractivity contribution in [2.75, 3.05) is 6.01 Å². The number of alkyl halides is 3. The summed E-state index contributed by atoms with van der Waals surface area (Å²) in [6.07, 6.45) is 3.17. The third-order valence-corrected chi connectivity index (χ3v) is 11.8. The van der Waals surface area contributed by atoms with E-state index in [1.54, 1.807) is 13.8 Å². The zero-order valence-corrected chi connectivity index (χ0v) is 23.2. The molecule has 0 aromatic rings. The van der Waals surface area contributed by atoms with Gasteiger partial charge in [-0.1, -0.05) is 32.8 Å². The molecule has 0 radical (unpaired) electrons. The first kappa shape index (κ1) is 27.9. The zero-order chi connectivity index (χ0) is 27.9. The Bertz CT molecular complexity index is 1120. The minimum absolute atomic E-state index is 0.0216. The summed E-state index contributed by atoms with van der Waals surface area (Å²) in [5.74, 6) is -3.19. The van der Waals surface area contributed by atoms with E-state index in [1.165, 1.54) is 19.1 Å². The Hall–Kier alpha value is -1.61. The number of allylic oxidation sites excluding steroid dienone is 4. The van der Waals surface area contributed by atoms with Gasteiger partial charge < -0.3 is 9.84 Å². The number of fused-ring (bicyclic) bond motifs is 5. The number of rotatable bonds is 4. The fraction of sp³-hybridized carbons (Fsp3) is 0.759. The number of halogens is 3. The maximum Gasteiger partial charge on any atom is 0.312 e. The number of hydrogen-bond donors (Lipinski definition) is 1. The van der Waals surface area contributed by atoms with Gasteiger partial charge in [0.05, 0.1) is 11.5 Å². The second kappa shape index (κ2) is 8.95. The van der Waals surface area contributed by atoms with E-state index in [9.17, 15) is 23.9 Å². The molecule has 0 aromatic carbocycles. The van der Waals surface area contributed by atoms with E-state index in [-0.39, 0.29) is 24.8 Å². The number of esters is 1. The van der Waals surface area contributed by atoms with E-state index < -0.39 is 80.4 Å². The van der Waals surface area contributed by atoms with Gasteiger partial charge in [0.1, 0.15) is 12.2 Å². The molecule has 0 bridgehead atoms. The number of aliphatic hydroxyl groups is 1. The highest BCUT2D eigenvalue weighted by Gasteiger charge is 2.78. The number of ketones is 1. The van der Waals surface area contributed by atoms with Crippen LogP contribution in [0.15, 0.2) is 23.8 Å². The molecule has 0 saturated heterocycles. The van der Waals surface area contributed by atoms with E-state index in [0.717, 1.165) is 18.9 Å². The highest BCUT2D eigenvalue weighted by molar-refractivity contribution is 8.13. The van der Waals surface area contributed by atoms with Gasteiger partial charge in [-0.25, -0.2) is 13.2 Å². The van der Waals surface area contributed by atoms with Crippen LogP contribution < -0.4 is 0 Å². The molecule has 1 N–H and O–H groups in total. The smallest absolute Gasteiger partial charge is 0.312 e. The van der Waals surface area contributed by atoms with Crippen molar-refractivity contribution in [2.24, 2.45) is 34.0 Å². The first-order valence-corrected chi connectivity index (χ1v) is 14.6. The van der Waals surface area contributed by atoms with E-state index in [2.05, 4.69) is 0 Å². The molecule has 0 heterocycles. The van der Waals surface area contributed by atoms with E-state index in [0.29, 0.717) is 24.6 Å². The van der Waals surface area contributed by atoms with Crippen LogP contribution in [0.25, 0.3) is 0 Å². The average Bonchev–Trinajstić information content (AvgIpc) is 3.39. The summed E-state index contributed by atoms with van der Waals surface area (Å²) in [7, 11) is 0. The SMILES string of the molecule is C[C@@H]1C[C@H]2[C@@H]3C[C@H](F)C4=CC(=O)C=C[C@]4(C)[C@@]3(F)[C@@H](O)C[C@]2(C)[C@]1(OC(=O)C1(C)CCCC1)C(=O)SCF. The third-order valence-electron chi connectivity index (χ3n) is 11.1. The van der Waals surface area contributed by atoms with Crippen molar-refractivity contribution in [2.45, 2.75) is 96.2 Å². The molecule has 4 fully saturated rings. The van der Waals surface area contributed by atoms with Gasteiger partial charge >= 0.3 is 5.97 Å². The van der Waals surface area contributed by atoms with E-state index in [4.69, 9.17) is 4.74 Å². The quantitative estimate of drug-likeness (QED) is 0.456. The summed E-state index contributed by atoms with van der Waals surface area (Å²) < 4.78 is 53.0. The number of thioether (sulfide) groups is 1. The lowest BCUT2D eigenvalue weighted by Crippen LogP contribution is -2.71. The lowest BCUT2D eigenvalue weighted by molar-refractivity contribution is -0.231. The number of carbonyl (C=O) groups excluding carboxylic acids is 3. The van der Waals surface area contributed by atoms with Crippen LogP contribution in [0.1, 0.15) is 72.6 Å². The van der Waals surface area contributed by atoms with Crippen molar-refractivity contribution in [3.8, 4) is 0 Å². The lowest BCUT2D eigenvalue weighted by atomic mass is 9.44. The molecule has 0 amide bonds. The van der Waals surface area contributed by atoms with Crippen LogP contribution in [0.5, 0.6) is 0 Å². The van der Waals surface area contributed by atoms with Crippen LogP contribution in [-0.4, -0.2) is 51.5 Å². The number of ether oxygens (including phenoxy) is 1. The van der Waals surface area contributed by atoms with Gasteiger partial charge in [-0.3, -0.25) is 14.4 Å². The Morgan fingerprint density at radius 3 is 2.45 bits per heavy atom. The predicted octanol–water partition coefficient (Wildman–Crippen LogP) is 5.60. The Kier molecular flexibility index (Phi) is 6.58. The topological polar surface area (TPSA) is 80.7 Å². The van der Waals surface area contributed by atoms with Crippen molar-refractivity contribution in [3.63, 3.8) is 0 Å². The molecule has 5 aliphatic carbocycles. The second-order valence-corrected chi connectivity index (χ2v) is 13.8. The van der Waals surface area contributed by atoms with Crippen molar-refractivity contribution in [1.82, 2.24) is 0 Å². The fourth-order valence-corrected chi connectivity index (χ4v) is 9.79. The normalized spacial score (nSPS) is 47.1. The minimum atomic E-state index is -2.31. The molecule has 9 heteroatoms. The summed E-state index contributed by atoms with van der Waals surface area (Å²) in [5, 5.41) is 10.9. The maximum atomic E-state index is 17.5. The standard InChI is InChI=1S/C29H37F3O5S/c1-16-11-18-19-13-21(31)20-12-17(33)7-10-26(20,3)28(19,32)22(34)14-27(18,4)29(16,24(36)38-15-30)37-23(35)25(2)8-5-6-9-25/h7,10,12,16,18-19,21-22,34H,5-6,8-9,11,13-15H2,1-4H3/t16-,18+,19+,21+,22+,26+,27+,28+,29-/m1/s1. The highest BCUT2D eigenvalue weighted by Crippen LogP contribution is 2.72. The molecule has 5 aliphatic rings. The number of hydrogen-bond acceptors (Lipinski definition) is 6. The summed E-state index contributed by atoms with van der Waals surface area (Å²) in [4.78, 5) is 39.4. The third kappa shape index (κ3) is 3.39. The lowest BCUT2D eigenvalue weighted by Gasteiger charge is -2.63. The van der Waals surface area contributed by atoms with Crippen LogP contribution in [0.2, 0.25) is 0 Å². The van der Waals surface area contributed by atoms with E-state index in [1.807, 2.05) is 6.92 Å². The first-order chi connectivity index (χ1) is 17.7. The van der Waals surface area contributed by atoms with Crippen molar-refractivity contribution in [3.05, 3.63) is 23.8 Å². The molecular formula is C29H37F3O5S. The van der Waals surface area contributed by atoms with Gasteiger partial charge in [-0.15, -0.1) is 0 Å². The Labute approximate surface area is 226 Å². The molecule has 0 unspecified atom stereocenters. The van der Waals surface area contributed by atoms with Gasteiger partial charge in [-0.05, 0) is 81.4 Å². The Morgan fingerprint density at radius 1 is 1.16 bits per heavy atom. The maximum absolute atomic E-state index is 17.5. The van der Waals surface area contributed by atoms with Crippen molar-refractivity contribution < 1.29 is 37.4 Å². The van der Waals surface area contributed by atoms with Gasteiger partial charge in [0.2, 0.25) is 5.12 Å². The Balaban J connectivity index is 1.62. The molecule has 0 spiro atoms. The van der Waals surface area contributed by atoms with Gasteiger partial charge in [-0.2, -0.15) is 0 Å². The fourth-order valence-electron chi connectivity index (χ4n) is 9.00. The zero-order valence-electron chi connectivity index (χ0n) is 22.4. The van der Waals surface area contributed by atoms with Crippen molar-refractivity contribution >= 4 is 28.6 Å². The van der Waals surface area contributed by atoms with Gasteiger partial charge in [0.15, 0.2) is 17.1 Å². The first-order valence-electron chi connectivity index (χ1n) is 13.6. The summed E-state index contributed by atoms with van der Waals surface area (Å²) in [5.41, 5.74) is -7.66. The van der Waals surface area contributed by atoms with Gasteiger partial charge in [0, 0.05) is 22.7 Å². The summed E-state index contributed by atoms with van der Waals surface area (Å²) in [6, 6.07) is -1.01. The average molecular weight is 555 g/mol. The second-order valence-electron chi connectivity index (χ2n) is 12.9. The Morgan fingerprint density at radius 2 is 1.82 bits per heavy atom. The monoisotopic (exact) mass is 554 g/mol. The molecular weight excluding hydrogens is 517 g/mol. The van der Waals surface area contributed by atoms with Crippen LogP contribution in [-0.2, 0) is 19.1 Å². The van der Waals surface area contributed by atoms with Crippen LogP contribution >= 0.6 is 11.8 Å². The summed E-state index contributed by atoms with van der Waals surface area (Å²) in [6.45, 7) is 6.79. The minimum Gasteiger partial charge on any atom is -0.449 e. The molecule has 0 aromatic heterocycles. The molecule has 5 rings (SSSR count). The molecule has 38 heavy (non-hydrogen) atoms. The molecule has 0 aliphatic heterocycles. The molecule has 5 nitrogen and oxygen atoms in total. The number of carbonyl (C=O) groups is 3. The number of aliphatic hydroxyl groups excluding tert-OH is 1.